The lowest BCUT2D eigenvalue weighted by Gasteiger charge is -2.22. The first-order chi connectivity index (χ1) is 10.1. The number of carbonyl (C=O) groups excluding carboxylic acids is 1. The molecule has 0 N–H and O–H groups in total. The highest BCUT2D eigenvalue weighted by atomic mass is 35.5. The minimum absolute atomic E-state index is 0.0553. The molecule has 4 nitrogen and oxygen atoms in total. The van der Waals surface area contributed by atoms with Crippen molar-refractivity contribution in [3.8, 4) is 0 Å². The number of carbonyl (C=O) groups is 1. The highest BCUT2D eigenvalue weighted by Gasteiger charge is 2.57. The molecular formula is C15H14Cl2N2O2. The van der Waals surface area contributed by atoms with Gasteiger partial charge < -0.3 is 9.32 Å². The number of amides is 1. The largest absolute Gasteiger partial charge is 0.467 e. The molecule has 1 saturated carbocycles. The Morgan fingerprint density at radius 2 is 2.19 bits per heavy atom. The quantitative estimate of drug-likeness (QED) is 0.792. The fourth-order valence-electron chi connectivity index (χ4n) is 2.22. The smallest absolute Gasteiger partial charge is 0.229 e. The zero-order valence-corrected chi connectivity index (χ0v) is 12.7. The lowest BCUT2D eigenvalue weighted by atomic mass is 10.2. The van der Waals surface area contributed by atoms with Crippen LogP contribution in [0.2, 0.25) is 0 Å². The van der Waals surface area contributed by atoms with E-state index >= 15 is 0 Å². The number of alkyl halides is 2. The molecule has 0 radical (unpaired) electrons. The molecule has 3 rings (SSSR count). The van der Waals surface area contributed by atoms with Crippen LogP contribution in [0.25, 0.3) is 0 Å². The third kappa shape index (κ3) is 3.39. The van der Waals surface area contributed by atoms with Crippen molar-refractivity contribution in [3.63, 3.8) is 0 Å². The van der Waals surface area contributed by atoms with Crippen molar-refractivity contribution in [2.24, 2.45) is 5.92 Å². The number of hydrogen-bond acceptors (Lipinski definition) is 3. The van der Waals surface area contributed by atoms with Crippen LogP contribution in [0.5, 0.6) is 0 Å². The Morgan fingerprint density at radius 3 is 2.76 bits per heavy atom. The van der Waals surface area contributed by atoms with Crippen LogP contribution in [0.1, 0.15) is 17.7 Å². The molecule has 0 bridgehead atoms. The van der Waals surface area contributed by atoms with Crippen LogP contribution in [0, 0.1) is 5.92 Å². The van der Waals surface area contributed by atoms with Crippen LogP contribution < -0.4 is 0 Å². The van der Waals surface area contributed by atoms with Crippen molar-refractivity contribution in [2.45, 2.75) is 23.8 Å². The molecule has 1 amide bonds. The Balaban J connectivity index is 1.76. The van der Waals surface area contributed by atoms with Crippen LogP contribution in [0.4, 0.5) is 0 Å². The van der Waals surface area contributed by atoms with Crippen molar-refractivity contribution in [3.05, 3.63) is 54.2 Å². The minimum atomic E-state index is -0.923. The van der Waals surface area contributed by atoms with Crippen LogP contribution in [-0.2, 0) is 17.9 Å². The second-order valence-electron chi connectivity index (χ2n) is 5.15. The molecule has 2 aromatic heterocycles. The average Bonchev–Trinajstić information content (AvgIpc) is 2.88. The van der Waals surface area contributed by atoms with Gasteiger partial charge in [0.05, 0.1) is 18.7 Å². The van der Waals surface area contributed by atoms with Gasteiger partial charge in [-0.1, -0.05) is 6.07 Å². The molecule has 2 aromatic rings. The van der Waals surface area contributed by atoms with Gasteiger partial charge in [0, 0.05) is 18.9 Å². The van der Waals surface area contributed by atoms with Gasteiger partial charge >= 0.3 is 0 Å². The van der Waals surface area contributed by atoms with Gasteiger partial charge in [-0.15, -0.1) is 23.2 Å². The number of pyridine rings is 1. The summed E-state index contributed by atoms with van der Waals surface area (Å²) in [6.45, 7) is 0.842. The second kappa shape index (κ2) is 5.70. The summed E-state index contributed by atoms with van der Waals surface area (Å²) in [6.07, 6.45) is 5.53. The van der Waals surface area contributed by atoms with Crippen LogP contribution in [0.15, 0.2) is 47.3 Å². The van der Waals surface area contributed by atoms with Gasteiger partial charge in [0.25, 0.3) is 0 Å². The Kier molecular flexibility index (Phi) is 3.91. The predicted octanol–water partition coefficient (Wildman–Crippen LogP) is 3.40. The van der Waals surface area contributed by atoms with E-state index in [1.807, 2.05) is 18.2 Å². The van der Waals surface area contributed by atoms with Crippen LogP contribution >= 0.6 is 23.2 Å². The third-order valence-electron chi connectivity index (χ3n) is 3.46. The predicted molar refractivity (Wildman–Crippen MR) is 79.7 cm³/mol. The molecular weight excluding hydrogens is 311 g/mol. The summed E-state index contributed by atoms with van der Waals surface area (Å²) in [7, 11) is 0. The minimum Gasteiger partial charge on any atom is -0.467 e. The third-order valence-corrected chi connectivity index (χ3v) is 4.29. The molecule has 1 aliphatic rings. The number of nitrogens with zero attached hydrogens (tertiary/aromatic N) is 2. The highest BCUT2D eigenvalue weighted by molar-refractivity contribution is 6.52. The molecule has 1 atom stereocenters. The average molecular weight is 325 g/mol. The molecule has 1 fully saturated rings. The Bertz CT molecular complexity index is 614. The van der Waals surface area contributed by atoms with Gasteiger partial charge in [0.15, 0.2) is 0 Å². The molecule has 6 heteroatoms. The maximum Gasteiger partial charge on any atom is 0.229 e. The van der Waals surface area contributed by atoms with Crippen molar-refractivity contribution in [1.82, 2.24) is 9.88 Å². The Morgan fingerprint density at radius 1 is 1.38 bits per heavy atom. The van der Waals surface area contributed by atoms with Crippen molar-refractivity contribution in [1.29, 1.82) is 0 Å². The summed E-state index contributed by atoms with van der Waals surface area (Å²) in [6, 6.07) is 7.41. The fraction of sp³-hybridized carbons (Fsp3) is 0.333. The molecule has 0 spiro atoms. The first-order valence-corrected chi connectivity index (χ1v) is 7.40. The van der Waals surface area contributed by atoms with Gasteiger partial charge in [-0.2, -0.15) is 0 Å². The van der Waals surface area contributed by atoms with Crippen molar-refractivity contribution >= 4 is 29.1 Å². The summed E-state index contributed by atoms with van der Waals surface area (Å²) in [5, 5.41) is 0. The number of rotatable bonds is 5. The molecule has 0 saturated heterocycles. The molecule has 1 unspecified atom stereocenters. The Labute approximate surface area is 132 Å². The first kappa shape index (κ1) is 14.4. The number of aromatic nitrogens is 1. The van der Waals surface area contributed by atoms with E-state index in [1.165, 1.54) is 0 Å². The van der Waals surface area contributed by atoms with Crippen LogP contribution in [-0.4, -0.2) is 20.1 Å². The highest BCUT2D eigenvalue weighted by Crippen LogP contribution is 2.54. The normalized spacial score (nSPS) is 19.2. The van der Waals surface area contributed by atoms with E-state index in [2.05, 4.69) is 4.98 Å². The summed E-state index contributed by atoms with van der Waals surface area (Å²) in [5.74, 6) is 0.329. The molecule has 1 aliphatic carbocycles. The topological polar surface area (TPSA) is 46.3 Å². The van der Waals surface area contributed by atoms with Gasteiger partial charge in [-0.25, -0.2) is 0 Å². The maximum atomic E-state index is 12.5. The molecule has 2 heterocycles. The van der Waals surface area contributed by atoms with E-state index in [9.17, 15) is 4.79 Å². The molecule has 21 heavy (non-hydrogen) atoms. The van der Waals surface area contributed by atoms with Gasteiger partial charge in [0.2, 0.25) is 5.91 Å². The van der Waals surface area contributed by atoms with Gasteiger partial charge in [-0.3, -0.25) is 9.78 Å². The number of furan rings is 1. The summed E-state index contributed by atoms with van der Waals surface area (Å²) in [5.41, 5.74) is 0.952. The Hall–Kier alpha value is -1.52. The standard InChI is InChI=1S/C15H14Cl2N2O2/c16-15(17)7-13(15)14(20)19(10-12-4-2-6-21-12)9-11-3-1-5-18-8-11/h1-6,8,13H,7,9-10H2. The maximum absolute atomic E-state index is 12.5. The van der Waals surface area contributed by atoms with Gasteiger partial charge in [-0.05, 0) is 30.2 Å². The summed E-state index contributed by atoms with van der Waals surface area (Å²) < 4.78 is 4.41. The van der Waals surface area contributed by atoms with E-state index in [0.717, 1.165) is 11.3 Å². The summed E-state index contributed by atoms with van der Waals surface area (Å²) >= 11 is 12.0. The van der Waals surface area contributed by atoms with E-state index in [-0.39, 0.29) is 11.8 Å². The first-order valence-electron chi connectivity index (χ1n) is 6.64. The zero-order valence-electron chi connectivity index (χ0n) is 11.2. The van der Waals surface area contributed by atoms with Crippen molar-refractivity contribution in [2.75, 3.05) is 0 Å². The SMILES string of the molecule is O=C(C1CC1(Cl)Cl)N(Cc1cccnc1)Cc1ccco1. The molecule has 110 valence electrons. The lowest BCUT2D eigenvalue weighted by Crippen LogP contribution is -2.32. The molecule has 0 aromatic carbocycles. The van der Waals surface area contributed by atoms with Crippen LogP contribution in [0.3, 0.4) is 0 Å². The fourth-order valence-corrected chi connectivity index (χ4v) is 2.71. The van der Waals surface area contributed by atoms with E-state index < -0.39 is 4.33 Å². The lowest BCUT2D eigenvalue weighted by molar-refractivity contribution is -0.134. The second-order valence-corrected chi connectivity index (χ2v) is 6.70. The van der Waals surface area contributed by atoms with E-state index in [1.54, 1.807) is 29.6 Å². The number of hydrogen-bond donors (Lipinski definition) is 0. The zero-order chi connectivity index (χ0) is 14.9. The monoisotopic (exact) mass is 324 g/mol. The van der Waals surface area contributed by atoms with Crippen molar-refractivity contribution < 1.29 is 9.21 Å². The number of halogens is 2. The van der Waals surface area contributed by atoms with E-state index in [4.69, 9.17) is 27.6 Å². The van der Waals surface area contributed by atoms with E-state index in [0.29, 0.717) is 19.5 Å². The molecule has 0 aliphatic heterocycles. The van der Waals surface area contributed by atoms with Gasteiger partial charge in [0.1, 0.15) is 10.1 Å². The summed E-state index contributed by atoms with van der Waals surface area (Å²) in [4.78, 5) is 18.3.